The summed E-state index contributed by atoms with van der Waals surface area (Å²) in [6.45, 7) is 10.2. The van der Waals surface area contributed by atoms with Crippen molar-refractivity contribution in [3.63, 3.8) is 0 Å². The molecule has 0 aliphatic rings. The van der Waals surface area contributed by atoms with E-state index in [4.69, 9.17) is 23.7 Å². The first-order chi connectivity index (χ1) is 31.0. The molecule has 350 valence electrons. The Kier molecular flexibility index (Phi) is 30.4. The topological polar surface area (TPSA) is 80.3 Å². The van der Waals surface area contributed by atoms with Crippen molar-refractivity contribution in [2.75, 3.05) is 19.8 Å². The summed E-state index contributed by atoms with van der Waals surface area (Å²) in [6, 6.07) is 19.6. The fourth-order valence-electron chi connectivity index (χ4n) is 7.64. The molecule has 0 spiro atoms. The molecule has 0 fully saturated rings. The normalized spacial score (nSPS) is 11.0. The van der Waals surface area contributed by atoms with Crippen LogP contribution in [0.2, 0.25) is 0 Å². The minimum atomic E-state index is -0.545. The van der Waals surface area contributed by atoms with Gasteiger partial charge in [-0.2, -0.15) is 0 Å². The molecular weight excluding hydrogens is 785 g/mol. The molecule has 3 aromatic carbocycles. The number of carbonyl (C=O) groups is 2. The molecule has 0 N–H and O–H groups in total. The third kappa shape index (κ3) is 25.6. The number of unbranched alkanes of at least 4 members (excludes halogenated alkanes) is 25. The second kappa shape index (κ2) is 36.1. The quantitative estimate of drug-likeness (QED) is 0.0244. The van der Waals surface area contributed by atoms with E-state index in [0.29, 0.717) is 31.1 Å². The Balaban J connectivity index is 1.48. The molecule has 0 atom stereocenters. The molecule has 7 nitrogen and oxygen atoms in total. The molecule has 0 saturated carbocycles. The van der Waals surface area contributed by atoms with Gasteiger partial charge in [0.25, 0.3) is 0 Å². The molecular formula is C56H84O7. The van der Waals surface area contributed by atoms with Crippen LogP contribution in [0.25, 0.3) is 0 Å². The number of hydrogen-bond acceptors (Lipinski definition) is 7. The van der Waals surface area contributed by atoms with Crippen molar-refractivity contribution in [1.82, 2.24) is 0 Å². The van der Waals surface area contributed by atoms with Crippen molar-refractivity contribution in [2.45, 2.75) is 200 Å². The summed E-state index contributed by atoms with van der Waals surface area (Å²) in [7, 11) is 0. The third-order valence-electron chi connectivity index (χ3n) is 11.6. The van der Waals surface area contributed by atoms with E-state index < -0.39 is 11.9 Å². The van der Waals surface area contributed by atoms with Crippen LogP contribution in [-0.2, 0) is 11.3 Å². The van der Waals surface area contributed by atoms with Crippen molar-refractivity contribution in [2.24, 2.45) is 0 Å². The minimum Gasteiger partial charge on any atom is -0.494 e. The van der Waals surface area contributed by atoms with Gasteiger partial charge in [-0.1, -0.05) is 180 Å². The second-order valence-electron chi connectivity index (χ2n) is 17.3. The highest BCUT2D eigenvalue weighted by molar-refractivity contribution is 5.94. The summed E-state index contributed by atoms with van der Waals surface area (Å²) in [5, 5.41) is 0. The van der Waals surface area contributed by atoms with E-state index in [1.54, 1.807) is 36.4 Å². The van der Waals surface area contributed by atoms with Gasteiger partial charge in [0.15, 0.2) is 0 Å². The monoisotopic (exact) mass is 869 g/mol. The summed E-state index contributed by atoms with van der Waals surface area (Å²) in [4.78, 5) is 26.8. The summed E-state index contributed by atoms with van der Waals surface area (Å²) in [5.41, 5.74) is 1.46. The Morgan fingerprint density at radius 3 is 1.35 bits per heavy atom. The molecule has 0 bridgehead atoms. The van der Waals surface area contributed by atoms with Crippen LogP contribution in [0, 0.1) is 0 Å². The van der Waals surface area contributed by atoms with Crippen molar-refractivity contribution in [3.05, 3.63) is 96.1 Å². The van der Waals surface area contributed by atoms with Gasteiger partial charge in [-0.15, -0.1) is 6.58 Å². The van der Waals surface area contributed by atoms with Crippen LogP contribution >= 0.6 is 0 Å². The predicted octanol–water partition coefficient (Wildman–Crippen LogP) is 16.5. The van der Waals surface area contributed by atoms with E-state index in [1.165, 1.54) is 154 Å². The van der Waals surface area contributed by atoms with E-state index >= 15 is 0 Å². The molecule has 7 heteroatoms. The SMILES string of the molecule is C=CCCCCCCCCCOc1ccc(COC(=O)c2cc(OC(=O)c3ccc(OCCCCCCCCCCCC)cc3)ccc2OCCCCCCCCCCCC)cc1. The lowest BCUT2D eigenvalue weighted by atomic mass is 10.1. The van der Waals surface area contributed by atoms with Crippen LogP contribution in [0.3, 0.4) is 0 Å². The highest BCUT2D eigenvalue weighted by Gasteiger charge is 2.18. The van der Waals surface area contributed by atoms with Gasteiger partial charge in [0, 0.05) is 0 Å². The van der Waals surface area contributed by atoms with Crippen molar-refractivity contribution in [1.29, 1.82) is 0 Å². The van der Waals surface area contributed by atoms with E-state index in [-0.39, 0.29) is 17.9 Å². The average Bonchev–Trinajstić information content (AvgIpc) is 3.30. The molecule has 0 amide bonds. The Morgan fingerprint density at radius 2 is 0.873 bits per heavy atom. The number of hydrogen-bond donors (Lipinski definition) is 0. The van der Waals surface area contributed by atoms with Crippen LogP contribution in [0.4, 0.5) is 0 Å². The van der Waals surface area contributed by atoms with Crippen LogP contribution in [0.5, 0.6) is 23.0 Å². The molecule has 0 unspecified atom stereocenters. The maximum absolute atomic E-state index is 13.6. The molecule has 0 aromatic heterocycles. The standard InChI is InChI=1S/C56H84O7/c1-4-7-10-13-16-19-22-25-28-31-44-60-51-39-35-49(36-40-51)55(57)63-52-41-42-54(61-45-32-29-26-23-20-17-14-11-8-5-2)53(46-52)56(58)62-47-48-33-37-50(38-34-48)59-43-30-27-24-21-18-15-12-9-6-3/h6,33-42,46H,3-5,7-32,43-45,47H2,1-2H3. The predicted molar refractivity (Wildman–Crippen MR) is 261 cm³/mol. The van der Waals surface area contributed by atoms with Crippen LogP contribution < -0.4 is 18.9 Å². The smallest absolute Gasteiger partial charge is 0.343 e. The van der Waals surface area contributed by atoms with E-state index in [0.717, 1.165) is 49.2 Å². The van der Waals surface area contributed by atoms with Gasteiger partial charge in [0.2, 0.25) is 0 Å². The van der Waals surface area contributed by atoms with Crippen LogP contribution in [-0.4, -0.2) is 31.8 Å². The number of esters is 2. The third-order valence-corrected chi connectivity index (χ3v) is 11.6. The number of ether oxygens (including phenoxy) is 5. The maximum atomic E-state index is 13.6. The largest absolute Gasteiger partial charge is 0.494 e. The Labute approximate surface area is 383 Å². The molecule has 3 rings (SSSR count). The van der Waals surface area contributed by atoms with E-state index in [9.17, 15) is 9.59 Å². The zero-order valence-corrected chi connectivity index (χ0v) is 39.6. The number of rotatable bonds is 40. The molecule has 0 radical (unpaired) electrons. The minimum absolute atomic E-state index is 0.0847. The maximum Gasteiger partial charge on any atom is 0.343 e. The summed E-state index contributed by atoms with van der Waals surface area (Å²) >= 11 is 0. The average molecular weight is 869 g/mol. The first kappa shape index (κ1) is 53.1. The first-order valence-corrected chi connectivity index (χ1v) is 25.3. The highest BCUT2D eigenvalue weighted by atomic mass is 16.5. The molecule has 0 saturated heterocycles. The molecule has 0 aliphatic carbocycles. The van der Waals surface area contributed by atoms with Gasteiger partial charge < -0.3 is 23.7 Å². The van der Waals surface area contributed by atoms with E-state index in [2.05, 4.69) is 20.4 Å². The fourth-order valence-corrected chi connectivity index (χ4v) is 7.64. The summed E-state index contributed by atoms with van der Waals surface area (Å²) in [6.07, 6.45) is 36.7. The summed E-state index contributed by atoms with van der Waals surface area (Å²) < 4.78 is 29.6. The lowest BCUT2D eigenvalue weighted by molar-refractivity contribution is 0.0466. The van der Waals surface area contributed by atoms with Crippen molar-refractivity contribution < 1.29 is 33.3 Å². The molecule has 3 aromatic rings. The lowest BCUT2D eigenvalue weighted by Crippen LogP contribution is -2.12. The molecule has 0 heterocycles. The number of benzene rings is 3. The Morgan fingerprint density at radius 1 is 0.460 bits per heavy atom. The Bertz CT molecular complexity index is 1600. The van der Waals surface area contributed by atoms with E-state index in [1.807, 2.05) is 30.3 Å². The van der Waals surface area contributed by atoms with Gasteiger partial charge in [0.1, 0.15) is 35.2 Å². The highest BCUT2D eigenvalue weighted by Crippen LogP contribution is 2.28. The van der Waals surface area contributed by atoms with Crippen LogP contribution in [0.15, 0.2) is 79.4 Å². The fraction of sp³-hybridized carbons (Fsp3) is 0.607. The molecule has 0 aliphatic heterocycles. The zero-order chi connectivity index (χ0) is 44.8. The molecule has 63 heavy (non-hydrogen) atoms. The zero-order valence-electron chi connectivity index (χ0n) is 39.6. The van der Waals surface area contributed by atoms with Gasteiger partial charge in [-0.25, -0.2) is 9.59 Å². The van der Waals surface area contributed by atoms with Crippen molar-refractivity contribution in [3.8, 4) is 23.0 Å². The Hall–Kier alpha value is -4.26. The van der Waals surface area contributed by atoms with Gasteiger partial charge in [0.05, 0.1) is 25.4 Å². The summed E-state index contributed by atoms with van der Waals surface area (Å²) in [5.74, 6) is 1.12. The van der Waals surface area contributed by atoms with Crippen LogP contribution in [0.1, 0.15) is 220 Å². The number of carbonyl (C=O) groups excluding carboxylic acids is 2. The first-order valence-electron chi connectivity index (χ1n) is 25.3. The van der Waals surface area contributed by atoms with Gasteiger partial charge in [-0.05, 0) is 92.3 Å². The number of allylic oxidation sites excluding steroid dienone is 1. The van der Waals surface area contributed by atoms with Crippen molar-refractivity contribution >= 4 is 11.9 Å². The van der Waals surface area contributed by atoms with Gasteiger partial charge in [-0.3, -0.25) is 0 Å². The second-order valence-corrected chi connectivity index (χ2v) is 17.3. The van der Waals surface area contributed by atoms with Gasteiger partial charge >= 0.3 is 11.9 Å². The lowest BCUT2D eigenvalue weighted by Gasteiger charge is -2.14.